The topological polar surface area (TPSA) is 27.5 Å². The monoisotopic (exact) mass is 195 g/mol. The maximum atomic E-state index is 10.3. The fourth-order valence-electron chi connectivity index (χ4n) is 1.17. The van der Waals surface area contributed by atoms with E-state index < -0.39 is 0 Å². The second-order valence-corrected chi connectivity index (χ2v) is 3.12. The predicted molar refractivity (Wildman–Crippen MR) is 58.5 cm³/mol. The zero-order chi connectivity index (χ0) is 10.8. The second kappa shape index (κ2) is 8.57. The first-order valence-electron chi connectivity index (χ1n) is 5.30. The van der Waals surface area contributed by atoms with Crippen LogP contribution in [-0.2, 0) is 0 Å². The second-order valence-electron chi connectivity index (χ2n) is 3.12. The lowest BCUT2D eigenvalue weighted by atomic mass is 10.3. The molecule has 0 aliphatic rings. The Morgan fingerprint density at radius 3 is 1.50 bits per heavy atom. The molecule has 0 amide bonds. The summed E-state index contributed by atoms with van der Waals surface area (Å²) in [6, 6.07) is 8.33. The Labute approximate surface area is 87.2 Å². The molecule has 2 nitrogen and oxygen atoms in total. The number of para-hydroxylation sites is 1. The molecule has 1 aromatic carbocycles. The molecule has 1 N–H and O–H groups in total. The van der Waals surface area contributed by atoms with Crippen molar-refractivity contribution in [3.05, 3.63) is 30.3 Å². The molecule has 0 atom stereocenters. The molecule has 80 valence electrons. The van der Waals surface area contributed by atoms with Gasteiger partial charge in [-0.25, -0.2) is 0 Å². The fraction of sp³-hybridized carbons (Fsp3) is 0.500. The Morgan fingerprint density at radius 2 is 1.36 bits per heavy atom. The van der Waals surface area contributed by atoms with Crippen LogP contribution in [0.3, 0.4) is 0 Å². The van der Waals surface area contributed by atoms with Gasteiger partial charge in [0, 0.05) is 0 Å². The van der Waals surface area contributed by atoms with Crippen LogP contribution in [-0.4, -0.2) is 19.6 Å². The maximum Gasteiger partial charge on any atom is 0.0742 e. The van der Waals surface area contributed by atoms with Gasteiger partial charge in [-0.3, -0.25) is 0 Å². The first-order chi connectivity index (χ1) is 6.74. The number of hydrogen-bond donors (Lipinski definition) is 1. The van der Waals surface area contributed by atoms with Crippen molar-refractivity contribution in [2.45, 2.75) is 20.8 Å². The van der Waals surface area contributed by atoms with Crippen molar-refractivity contribution in [2.75, 3.05) is 19.6 Å². The van der Waals surface area contributed by atoms with Gasteiger partial charge in [-0.1, -0.05) is 30.3 Å². The summed E-state index contributed by atoms with van der Waals surface area (Å²) in [5, 5.41) is 10.3. The lowest BCUT2D eigenvalue weighted by Crippen LogP contribution is -3.11. The average molecular weight is 195 g/mol. The standard InChI is InChI=1S/C6H15N.C6H6O/c1-4-7(5-2)6-3;7-6-4-2-1-3-5-6/h4-6H2,1-3H3;1-5,7H. The van der Waals surface area contributed by atoms with E-state index in [0.717, 1.165) is 0 Å². The average Bonchev–Trinajstić information content (AvgIpc) is 2.22. The van der Waals surface area contributed by atoms with Crippen LogP contribution >= 0.6 is 0 Å². The van der Waals surface area contributed by atoms with Crippen LogP contribution in [0.25, 0.3) is 0 Å². The van der Waals surface area contributed by atoms with Crippen LogP contribution in [0.15, 0.2) is 30.3 Å². The summed E-state index contributed by atoms with van der Waals surface area (Å²) < 4.78 is 0. The van der Waals surface area contributed by atoms with Gasteiger partial charge in [0.25, 0.3) is 0 Å². The van der Waals surface area contributed by atoms with E-state index in [-0.39, 0.29) is 5.75 Å². The molecule has 0 aromatic heterocycles. The van der Waals surface area contributed by atoms with Crippen LogP contribution in [0.2, 0.25) is 0 Å². The number of quaternary nitrogens is 1. The molecule has 0 radical (unpaired) electrons. The van der Waals surface area contributed by atoms with Gasteiger partial charge in [0.1, 0.15) is 0 Å². The van der Waals surface area contributed by atoms with E-state index in [9.17, 15) is 5.11 Å². The lowest BCUT2D eigenvalue weighted by Gasteiger charge is -2.10. The minimum Gasteiger partial charge on any atom is -0.872 e. The third-order valence-corrected chi connectivity index (χ3v) is 2.24. The predicted octanol–water partition coefficient (Wildman–Crippen LogP) is 0.691. The van der Waals surface area contributed by atoms with Gasteiger partial charge in [-0.2, -0.15) is 0 Å². The Morgan fingerprint density at radius 1 is 0.929 bits per heavy atom. The summed E-state index contributed by atoms with van der Waals surface area (Å²) >= 11 is 0. The molecule has 14 heavy (non-hydrogen) atoms. The van der Waals surface area contributed by atoms with Crippen molar-refractivity contribution in [1.82, 2.24) is 0 Å². The SMILES string of the molecule is CC[NH+](CC)CC.[O-]c1ccccc1. The highest BCUT2D eigenvalue weighted by molar-refractivity contribution is 5.17. The summed E-state index contributed by atoms with van der Waals surface area (Å²) in [4.78, 5) is 1.68. The van der Waals surface area contributed by atoms with Crippen molar-refractivity contribution in [3.63, 3.8) is 0 Å². The van der Waals surface area contributed by atoms with Gasteiger partial charge in [-0.05, 0) is 20.8 Å². The first-order valence-corrected chi connectivity index (χ1v) is 5.30. The summed E-state index contributed by atoms with van der Waals surface area (Å²) in [6.07, 6.45) is 0. The lowest BCUT2D eigenvalue weighted by molar-refractivity contribution is -0.894. The Kier molecular flexibility index (Phi) is 7.95. The molecule has 0 aliphatic carbocycles. The summed E-state index contributed by atoms with van der Waals surface area (Å²) in [7, 11) is 0. The summed E-state index contributed by atoms with van der Waals surface area (Å²) in [5.41, 5.74) is 0. The van der Waals surface area contributed by atoms with E-state index in [4.69, 9.17) is 0 Å². The normalized spacial score (nSPS) is 9.43. The zero-order valence-electron chi connectivity index (χ0n) is 9.42. The molecule has 0 aliphatic heterocycles. The van der Waals surface area contributed by atoms with E-state index in [1.165, 1.54) is 31.8 Å². The number of benzene rings is 1. The van der Waals surface area contributed by atoms with Crippen LogP contribution in [0, 0.1) is 0 Å². The van der Waals surface area contributed by atoms with Crippen LogP contribution in [0.1, 0.15) is 20.8 Å². The van der Waals surface area contributed by atoms with Crippen molar-refractivity contribution >= 4 is 0 Å². The Bertz CT molecular complexity index is 201. The van der Waals surface area contributed by atoms with E-state index in [0.29, 0.717) is 0 Å². The highest BCUT2D eigenvalue weighted by Crippen LogP contribution is 1.98. The van der Waals surface area contributed by atoms with Crippen molar-refractivity contribution in [1.29, 1.82) is 0 Å². The van der Waals surface area contributed by atoms with Gasteiger partial charge in [0.05, 0.1) is 19.6 Å². The molecule has 0 bridgehead atoms. The molecule has 0 heterocycles. The molecule has 1 aromatic rings. The molecule has 0 saturated heterocycles. The minimum absolute atomic E-state index is 0.0718. The van der Waals surface area contributed by atoms with Crippen molar-refractivity contribution in [3.8, 4) is 5.75 Å². The van der Waals surface area contributed by atoms with Crippen molar-refractivity contribution in [2.24, 2.45) is 0 Å². The number of hydrogen-bond acceptors (Lipinski definition) is 1. The van der Waals surface area contributed by atoms with Gasteiger partial charge in [-0.15, -0.1) is 5.75 Å². The Balaban J connectivity index is 0.000000241. The molecule has 0 fully saturated rings. The minimum atomic E-state index is 0.0718. The fourth-order valence-corrected chi connectivity index (χ4v) is 1.17. The first kappa shape index (κ1) is 13.0. The summed E-state index contributed by atoms with van der Waals surface area (Å²) in [6.45, 7) is 10.5. The van der Waals surface area contributed by atoms with E-state index in [1.54, 1.807) is 17.0 Å². The molecule has 0 spiro atoms. The van der Waals surface area contributed by atoms with Gasteiger partial charge < -0.3 is 10.0 Å². The third kappa shape index (κ3) is 6.49. The Hall–Kier alpha value is -1.02. The molecular formula is C12H21NO. The highest BCUT2D eigenvalue weighted by Gasteiger charge is 1.92. The van der Waals surface area contributed by atoms with E-state index in [2.05, 4.69) is 20.8 Å². The number of nitrogens with one attached hydrogen (secondary N) is 1. The van der Waals surface area contributed by atoms with E-state index in [1.807, 2.05) is 6.07 Å². The van der Waals surface area contributed by atoms with Crippen molar-refractivity contribution < 1.29 is 10.0 Å². The molecule has 2 heteroatoms. The molecule has 0 saturated carbocycles. The molecular weight excluding hydrogens is 174 g/mol. The molecule has 1 rings (SSSR count). The summed E-state index contributed by atoms with van der Waals surface area (Å²) in [5.74, 6) is 0.0718. The molecule has 0 unspecified atom stereocenters. The van der Waals surface area contributed by atoms with E-state index >= 15 is 0 Å². The van der Waals surface area contributed by atoms with Gasteiger partial charge in [0.15, 0.2) is 0 Å². The van der Waals surface area contributed by atoms with Crippen LogP contribution in [0.4, 0.5) is 0 Å². The number of rotatable bonds is 3. The smallest absolute Gasteiger partial charge is 0.0742 e. The van der Waals surface area contributed by atoms with Gasteiger partial charge in [0.2, 0.25) is 0 Å². The third-order valence-electron chi connectivity index (χ3n) is 2.24. The largest absolute Gasteiger partial charge is 0.872 e. The maximum absolute atomic E-state index is 10.3. The zero-order valence-corrected chi connectivity index (χ0v) is 9.42. The quantitative estimate of drug-likeness (QED) is 0.755. The van der Waals surface area contributed by atoms with Gasteiger partial charge >= 0.3 is 0 Å². The van der Waals surface area contributed by atoms with Crippen LogP contribution in [0.5, 0.6) is 5.75 Å². The van der Waals surface area contributed by atoms with Crippen LogP contribution < -0.4 is 10.0 Å². The highest BCUT2D eigenvalue weighted by atomic mass is 16.3.